The molecule has 0 saturated heterocycles. The number of amides is 1. The summed E-state index contributed by atoms with van der Waals surface area (Å²) in [7, 11) is 0. The highest BCUT2D eigenvalue weighted by Gasteiger charge is 2.03. The predicted molar refractivity (Wildman–Crippen MR) is 85.1 cm³/mol. The molecular weight excluding hydrogens is 262 g/mol. The number of nitrogens with one attached hydrogen (secondary N) is 2. The Bertz CT molecular complexity index is 596. The van der Waals surface area contributed by atoms with Crippen LogP contribution in [0.1, 0.15) is 23.2 Å². The van der Waals surface area contributed by atoms with Crippen LogP contribution in [0.2, 0.25) is 0 Å². The molecule has 0 saturated carbocycles. The number of aromatic nitrogens is 1. The molecule has 0 spiro atoms. The third-order valence-corrected chi connectivity index (χ3v) is 3.24. The van der Waals surface area contributed by atoms with Crippen LogP contribution in [0, 0.1) is 13.8 Å². The zero-order chi connectivity index (χ0) is 15.1. The Morgan fingerprint density at radius 3 is 2.76 bits per heavy atom. The van der Waals surface area contributed by atoms with Crippen molar-refractivity contribution in [3.63, 3.8) is 0 Å². The maximum absolute atomic E-state index is 11.8. The van der Waals surface area contributed by atoms with Gasteiger partial charge in [-0.05, 0) is 37.6 Å². The van der Waals surface area contributed by atoms with Gasteiger partial charge in [0.2, 0.25) is 5.91 Å². The molecule has 1 aromatic carbocycles. The highest BCUT2D eigenvalue weighted by molar-refractivity contribution is 5.76. The maximum Gasteiger partial charge on any atom is 0.222 e. The quantitative estimate of drug-likeness (QED) is 0.857. The van der Waals surface area contributed by atoms with Crippen LogP contribution in [0.4, 0.5) is 5.69 Å². The first-order valence-corrected chi connectivity index (χ1v) is 7.13. The largest absolute Gasteiger partial charge is 0.384 e. The summed E-state index contributed by atoms with van der Waals surface area (Å²) in [5.74, 6) is 0.0258. The first kappa shape index (κ1) is 15.0. The number of aryl methyl sites for hydroxylation is 2. The normalized spacial score (nSPS) is 10.2. The Labute approximate surface area is 125 Å². The second-order valence-corrected chi connectivity index (χ2v) is 5.09. The summed E-state index contributed by atoms with van der Waals surface area (Å²) in [6.07, 6.45) is 2.17. The van der Waals surface area contributed by atoms with Gasteiger partial charge in [0.1, 0.15) is 0 Å². The Morgan fingerprint density at radius 1 is 1.19 bits per heavy atom. The number of hydrogen-bond donors (Lipinski definition) is 2. The van der Waals surface area contributed by atoms with E-state index in [1.807, 2.05) is 18.2 Å². The Balaban J connectivity index is 1.72. The van der Waals surface area contributed by atoms with Crippen LogP contribution in [0.5, 0.6) is 0 Å². The molecule has 0 atom stereocenters. The lowest BCUT2D eigenvalue weighted by Gasteiger charge is -2.10. The monoisotopic (exact) mass is 283 g/mol. The molecule has 0 aliphatic carbocycles. The van der Waals surface area contributed by atoms with E-state index >= 15 is 0 Å². The van der Waals surface area contributed by atoms with E-state index < -0.39 is 0 Å². The number of benzene rings is 1. The van der Waals surface area contributed by atoms with Gasteiger partial charge >= 0.3 is 0 Å². The molecule has 0 fully saturated rings. The van der Waals surface area contributed by atoms with E-state index in [0.717, 1.165) is 11.4 Å². The van der Waals surface area contributed by atoms with Crippen molar-refractivity contribution in [2.24, 2.45) is 0 Å². The van der Waals surface area contributed by atoms with Gasteiger partial charge in [-0.15, -0.1) is 0 Å². The number of carbonyl (C=O) groups excluding carboxylic acids is 1. The van der Waals surface area contributed by atoms with Crippen LogP contribution < -0.4 is 10.6 Å². The van der Waals surface area contributed by atoms with Crippen LogP contribution in [0.25, 0.3) is 0 Å². The zero-order valence-electron chi connectivity index (χ0n) is 12.5. The van der Waals surface area contributed by atoms with Crippen LogP contribution in [-0.2, 0) is 11.3 Å². The van der Waals surface area contributed by atoms with Gasteiger partial charge in [0.25, 0.3) is 0 Å². The van der Waals surface area contributed by atoms with E-state index in [1.54, 1.807) is 6.20 Å². The average molecular weight is 283 g/mol. The summed E-state index contributed by atoms with van der Waals surface area (Å²) in [5, 5.41) is 6.16. The fourth-order valence-corrected chi connectivity index (χ4v) is 2.10. The van der Waals surface area contributed by atoms with Crippen LogP contribution >= 0.6 is 0 Å². The number of pyridine rings is 1. The molecule has 2 aromatic rings. The van der Waals surface area contributed by atoms with Crippen LogP contribution in [0.3, 0.4) is 0 Å². The molecule has 4 heteroatoms. The standard InChI is InChI=1S/C17H21N3O/c1-13-6-7-16(14(2)11-13)19-10-8-17(21)20-12-15-5-3-4-9-18-15/h3-7,9,11,19H,8,10,12H2,1-2H3,(H,20,21). The minimum Gasteiger partial charge on any atom is -0.384 e. The molecule has 110 valence electrons. The highest BCUT2D eigenvalue weighted by Crippen LogP contribution is 2.15. The summed E-state index contributed by atoms with van der Waals surface area (Å²) < 4.78 is 0. The molecule has 0 aliphatic heterocycles. The zero-order valence-corrected chi connectivity index (χ0v) is 12.5. The molecule has 0 unspecified atom stereocenters. The SMILES string of the molecule is Cc1ccc(NCCC(=O)NCc2ccccn2)c(C)c1. The first-order chi connectivity index (χ1) is 10.1. The van der Waals surface area contributed by atoms with Crippen LogP contribution in [0.15, 0.2) is 42.6 Å². The van der Waals surface area contributed by atoms with Gasteiger partial charge in [-0.3, -0.25) is 9.78 Å². The van der Waals surface area contributed by atoms with E-state index in [-0.39, 0.29) is 5.91 Å². The van der Waals surface area contributed by atoms with Gasteiger partial charge in [-0.25, -0.2) is 0 Å². The van der Waals surface area contributed by atoms with Gasteiger partial charge in [-0.2, -0.15) is 0 Å². The van der Waals surface area contributed by atoms with E-state index in [9.17, 15) is 4.79 Å². The summed E-state index contributed by atoms with van der Waals surface area (Å²) in [6.45, 7) is 5.24. The summed E-state index contributed by atoms with van der Waals surface area (Å²) in [4.78, 5) is 15.9. The number of anilines is 1. The minimum atomic E-state index is 0.0258. The second kappa shape index (κ2) is 7.43. The van der Waals surface area contributed by atoms with Gasteiger partial charge in [0, 0.05) is 24.8 Å². The average Bonchev–Trinajstić information content (AvgIpc) is 2.48. The lowest BCUT2D eigenvalue weighted by atomic mass is 10.1. The van der Waals surface area contributed by atoms with Crippen molar-refractivity contribution in [3.8, 4) is 0 Å². The predicted octanol–water partition coefficient (Wildman–Crippen LogP) is 2.82. The second-order valence-electron chi connectivity index (χ2n) is 5.09. The summed E-state index contributed by atoms with van der Waals surface area (Å²) in [6, 6.07) is 11.9. The molecule has 21 heavy (non-hydrogen) atoms. The van der Waals surface area contributed by atoms with Crippen molar-refractivity contribution >= 4 is 11.6 Å². The maximum atomic E-state index is 11.8. The van der Waals surface area contributed by atoms with Gasteiger partial charge < -0.3 is 10.6 Å². The van der Waals surface area contributed by atoms with E-state index in [0.29, 0.717) is 19.5 Å². The molecule has 0 radical (unpaired) electrons. The molecule has 0 bridgehead atoms. The van der Waals surface area contributed by atoms with Crippen LogP contribution in [-0.4, -0.2) is 17.4 Å². The summed E-state index contributed by atoms with van der Waals surface area (Å²) >= 11 is 0. The summed E-state index contributed by atoms with van der Waals surface area (Å²) in [5.41, 5.74) is 4.39. The van der Waals surface area contributed by atoms with Gasteiger partial charge in [-0.1, -0.05) is 23.8 Å². The first-order valence-electron chi connectivity index (χ1n) is 7.13. The molecule has 0 aliphatic rings. The fraction of sp³-hybridized carbons (Fsp3) is 0.294. The smallest absolute Gasteiger partial charge is 0.222 e. The third kappa shape index (κ3) is 4.91. The van der Waals surface area contributed by atoms with Crippen molar-refractivity contribution in [3.05, 3.63) is 59.4 Å². The van der Waals surface area contributed by atoms with Crippen molar-refractivity contribution in [2.45, 2.75) is 26.8 Å². The van der Waals surface area contributed by atoms with E-state index in [4.69, 9.17) is 0 Å². The molecule has 2 rings (SSSR count). The Hall–Kier alpha value is -2.36. The van der Waals surface area contributed by atoms with Crippen molar-refractivity contribution < 1.29 is 4.79 Å². The Kier molecular flexibility index (Phi) is 5.32. The molecule has 1 aromatic heterocycles. The number of nitrogens with zero attached hydrogens (tertiary/aromatic N) is 1. The molecule has 1 amide bonds. The Morgan fingerprint density at radius 2 is 2.05 bits per heavy atom. The highest BCUT2D eigenvalue weighted by atomic mass is 16.1. The lowest BCUT2D eigenvalue weighted by molar-refractivity contribution is -0.121. The number of rotatable bonds is 6. The minimum absolute atomic E-state index is 0.0258. The molecule has 4 nitrogen and oxygen atoms in total. The van der Waals surface area contributed by atoms with Crippen molar-refractivity contribution in [1.29, 1.82) is 0 Å². The topological polar surface area (TPSA) is 54.0 Å². The number of carbonyl (C=O) groups is 1. The molecular formula is C17H21N3O. The third-order valence-electron chi connectivity index (χ3n) is 3.24. The van der Waals surface area contributed by atoms with Crippen molar-refractivity contribution in [2.75, 3.05) is 11.9 Å². The molecule has 1 heterocycles. The van der Waals surface area contributed by atoms with Gasteiger partial charge in [0.05, 0.1) is 12.2 Å². The van der Waals surface area contributed by atoms with Crippen molar-refractivity contribution in [1.82, 2.24) is 10.3 Å². The lowest BCUT2D eigenvalue weighted by Crippen LogP contribution is -2.25. The molecule has 2 N–H and O–H groups in total. The number of hydrogen-bond acceptors (Lipinski definition) is 3. The van der Waals surface area contributed by atoms with Gasteiger partial charge in [0.15, 0.2) is 0 Å². The fourth-order valence-electron chi connectivity index (χ4n) is 2.10. The van der Waals surface area contributed by atoms with E-state index in [1.165, 1.54) is 11.1 Å². The van der Waals surface area contributed by atoms with E-state index in [2.05, 4.69) is 47.7 Å².